The molecule has 3 aromatic rings. The average Bonchev–Trinajstić information content (AvgIpc) is 2.90. The molecule has 2 aromatic carbocycles. The summed E-state index contributed by atoms with van der Waals surface area (Å²) in [5.41, 5.74) is 3.13. The fraction of sp³-hybridized carbons (Fsp3) is 0.176. The lowest BCUT2D eigenvalue weighted by Gasteiger charge is -2.22. The molecule has 1 atom stereocenters. The van der Waals surface area contributed by atoms with E-state index in [1.165, 1.54) is 5.06 Å². The van der Waals surface area contributed by atoms with Crippen molar-refractivity contribution in [3.63, 3.8) is 0 Å². The van der Waals surface area contributed by atoms with Gasteiger partial charge >= 0.3 is 0 Å². The molecule has 0 bridgehead atoms. The maximum Gasteiger partial charge on any atom is 0.0596 e. The summed E-state index contributed by atoms with van der Waals surface area (Å²) in [6, 6.07) is 15.5. The van der Waals surface area contributed by atoms with Crippen LogP contribution >= 0.6 is 11.6 Å². The zero-order chi connectivity index (χ0) is 14.8. The number of hydrogen-bond acceptors (Lipinski definition) is 2. The van der Waals surface area contributed by atoms with E-state index in [4.69, 9.17) is 11.6 Å². The van der Waals surface area contributed by atoms with Crippen molar-refractivity contribution >= 4 is 22.5 Å². The van der Waals surface area contributed by atoms with Gasteiger partial charge in [0.15, 0.2) is 0 Å². The molecule has 1 unspecified atom stereocenters. The average molecular weight is 301 g/mol. The predicted molar refractivity (Wildman–Crippen MR) is 85.5 cm³/mol. The Bertz CT molecular complexity index is 739. The van der Waals surface area contributed by atoms with Crippen LogP contribution in [0.3, 0.4) is 0 Å². The Morgan fingerprint density at radius 1 is 1.19 bits per heavy atom. The van der Waals surface area contributed by atoms with E-state index in [9.17, 15) is 5.21 Å². The molecular weight excluding hydrogens is 284 g/mol. The highest BCUT2D eigenvalue weighted by Crippen LogP contribution is 2.29. The molecule has 0 aliphatic carbocycles. The number of fused-ring (bicyclic) bond motifs is 1. The van der Waals surface area contributed by atoms with E-state index < -0.39 is 0 Å². The third-order valence-corrected chi connectivity index (χ3v) is 4.00. The number of hydroxylamine groups is 2. The number of nitrogens with one attached hydrogen (secondary N) is 1. The van der Waals surface area contributed by atoms with Crippen LogP contribution in [0.2, 0.25) is 5.02 Å². The highest BCUT2D eigenvalue weighted by atomic mass is 35.5. The molecule has 21 heavy (non-hydrogen) atoms. The van der Waals surface area contributed by atoms with Crippen LogP contribution < -0.4 is 0 Å². The smallest absolute Gasteiger partial charge is 0.0596 e. The third-order valence-electron chi connectivity index (χ3n) is 3.76. The molecule has 4 heteroatoms. The Morgan fingerprint density at radius 2 is 1.95 bits per heavy atom. The number of H-pyrrole nitrogens is 1. The van der Waals surface area contributed by atoms with Crippen LogP contribution in [0.15, 0.2) is 54.7 Å². The summed E-state index contributed by atoms with van der Waals surface area (Å²) in [4.78, 5) is 3.22. The van der Waals surface area contributed by atoms with Gasteiger partial charge in [-0.2, -0.15) is 5.06 Å². The normalized spacial score (nSPS) is 13.0. The number of halogens is 1. The second-order valence-electron chi connectivity index (χ2n) is 5.19. The molecule has 0 aliphatic rings. The first-order valence-corrected chi connectivity index (χ1v) is 7.29. The minimum atomic E-state index is -0.127. The summed E-state index contributed by atoms with van der Waals surface area (Å²) in [5, 5.41) is 13.4. The quantitative estimate of drug-likeness (QED) is 0.681. The van der Waals surface area contributed by atoms with Crippen molar-refractivity contribution < 1.29 is 5.21 Å². The first kappa shape index (κ1) is 14.1. The van der Waals surface area contributed by atoms with Gasteiger partial charge < -0.3 is 10.2 Å². The van der Waals surface area contributed by atoms with Crippen molar-refractivity contribution in [2.75, 3.05) is 0 Å². The Hall–Kier alpha value is -1.81. The molecule has 2 N–H and O–H groups in total. The Labute approximate surface area is 128 Å². The van der Waals surface area contributed by atoms with E-state index in [2.05, 4.69) is 4.98 Å². The van der Waals surface area contributed by atoms with Gasteiger partial charge in [-0.25, -0.2) is 0 Å². The summed E-state index contributed by atoms with van der Waals surface area (Å²) in [5.74, 6) is 0. The minimum Gasteiger partial charge on any atom is -0.361 e. The molecule has 3 nitrogen and oxygen atoms in total. The van der Waals surface area contributed by atoms with Gasteiger partial charge in [-0.1, -0.05) is 41.9 Å². The lowest BCUT2D eigenvalue weighted by molar-refractivity contribution is -0.131. The first-order valence-electron chi connectivity index (χ1n) is 6.91. The number of hydrogen-bond donors (Lipinski definition) is 2. The third kappa shape index (κ3) is 2.95. The summed E-state index contributed by atoms with van der Waals surface area (Å²) in [6.45, 7) is 2.46. The molecule has 0 spiro atoms. The van der Waals surface area contributed by atoms with E-state index in [-0.39, 0.29) is 6.04 Å². The van der Waals surface area contributed by atoms with Gasteiger partial charge in [0.05, 0.1) is 6.04 Å². The zero-order valence-electron chi connectivity index (χ0n) is 11.8. The maximum atomic E-state index is 10.4. The van der Waals surface area contributed by atoms with Crippen molar-refractivity contribution in [3.05, 3.63) is 70.9 Å². The van der Waals surface area contributed by atoms with Crippen LogP contribution in [0.4, 0.5) is 0 Å². The molecule has 0 fully saturated rings. The van der Waals surface area contributed by atoms with E-state index in [0.29, 0.717) is 11.6 Å². The van der Waals surface area contributed by atoms with Crippen molar-refractivity contribution in [2.45, 2.75) is 19.5 Å². The fourth-order valence-corrected chi connectivity index (χ4v) is 2.70. The van der Waals surface area contributed by atoms with Crippen LogP contribution in [0.1, 0.15) is 24.1 Å². The lowest BCUT2D eigenvalue weighted by Crippen LogP contribution is -2.22. The van der Waals surface area contributed by atoms with Crippen molar-refractivity contribution in [1.82, 2.24) is 10.0 Å². The van der Waals surface area contributed by atoms with Gasteiger partial charge in [-0.3, -0.25) is 0 Å². The zero-order valence-corrected chi connectivity index (χ0v) is 12.5. The van der Waals surface area contributed by atoms with Crippen LogP contribution in [0.5, 0.6) is 0 Å². The summed E-state index contributed by atoms with van der Waals surface area (Å²) in [7, 11) is 0. The highest BCUT2D eigenvalue weighted by Gasteiger charge is 2.17. The highest BCUT2D eigenvalue weighted by molar-refractivity contribution is 6.31. The molecule has 1 heterocycles. The van der Waals surface area contributed by atoms with E-state index in [0.717, 1.165) is 22.0 Å². The van der Waals surface area contributed by atoms with Gasteiger partial charge in [0.25, 0.3) is 0 Å². The second kappa shape index (κ2) is 5.90. The number of rotatable bonds is 4. The summed E-state index contributed by atoms with van der Waals surface area (Å²) in [6.07, 6.45) is 1.93. The molecule has 0 saturated heterocycles. The fourth-order valence-electron chi connectivity index (χ4n) is 2.53. The van der Waals surface area contributed by atoms with E-state index in [1.807, 2.05) is 61.7 Å². The SMILES string of the molecule is CC(c1c[nH]c2ccc(Cl)cc12)N(O)Cc1ccccc1. The van der Waals surface area contributed by atoms with Crippen LogP contribution in [-0.2, 0) is 6.54 Å². The maximum absolute atomic E-state index is 10.4. The standard InChI is InChI=1S/C17H17ClN2O/c1-12(20(21)11-13-5-3-2-4-6-13)16-10-19-17-8-7-14(18)9-15(16)17/h2-10,12,19,21H,11H2,1H3. The first-order chi connectivity index (χ1) is 10.1. The molecule has 108 valence electrons. The van der Waals surface area contributed by atoms with Crippen molar-refractivity contribution in [3.8, 4) is 0 Å². The monoisotopic (exact) mass is 300 g/mol. The molecule has 0 aliphatic heterocycles. The largest absolute Gasteiger partial charge is 0.361 e. The van der Waals surface area contributed by atoms with Gasteiger partial charge in [0.1, 0.15) is 0 Å². The minimum absolute atomic E-state index is 0.127. The number of benzene rings is 2. The van der Waals surface area contributed by atoms with Gasteiger partial charge in [0.2, 0.25) is 0 Å². The molecule has 3 rings (SSSR count). The molecule has 0 amide bonds. The Morgan fingerprint density at radius 3 is 2.71 bits per heavy atom. The predicted octanol–water partition coefficient (Wildman–Crippen LogP) is 4.77. The number of aromatic amines is 1. The van der Waals surface area contributed by atoms with E-state index >= 15 is 0 Å². The Balaban J connectivity index is 1.86. The number of nitrogens with zero attached hydrogens (tertiary/aromatic N) is 1. The van der Waals surface area contributed by atoms with Gasteiger partial charge in [0, 0.05) is 28.7 Å². The van der Waals surface area contributed by atoms with Gasteiger partial charge in [-0.15, -0.1) is 0 Å². The van der Waals surface area contributed by atoms with Gasteiger partial charge in [-0.05, 0) is 36.2 Å². The topological polar surface area (TPSA) is 39.3 Å². The van der Waals surface area contributed by atoms with Crippen LogP contribution in [0, 0.1) is 0 Å². The number of aromatic nitrogens is 1. The molecule has 0 radical (unpaired) electrons. The second-order valence-corrected chi connectivity index (χ2v) is 5.63. The van der Waals surface area contributed by atoms with Crippen molar-refractivity contribution in [1.29, 1.82) is 0 Å². The van der Waals surface area contributed by atoms with Crippen LogP contribution in [0.25, 0.3) is 10.9 Å². The Kier molecular flexibility index (Phi) is 3.97. The molecular formula is C17H17ClN2O. The molecule has 1 aromatic heterocycles. The van der Waals surface area contributed by atoms with E-state index in [1.54, 1.807) is 0 Å². The lowest BCUT2D eigenvalue weighted by atomic mass is 10.1. The van der Waals surface area contributed by atoms with Crippen LogP contribution in [-0.4, -0.2) is 15.3 Å². The van der Waals surface area contributed by atoms with Crippen molar-refractivity contribution in [2.24, 2.45) is 0 Å². The molecule has 0 saturated carbocycles. The summed E-state index contributed by atoms with van der Waals surface area (Å²) >= 11 is 6.07. The summed E-state index contributed by atoms with van der Waals surface area (Å²) < 4.78 is 0.